The standard InChI is InChI=1S/C13H16BrN3/c1-16-8-9-17(10-11(16)6-7-15)13-5-3-2-4-12(13)14/h2-5,11H,6,8-10H2,1H3. The van der Waals surface area contributed by atoms with Crippen molar-refractivity contribution < 1.29 is 0 Å². The van der Waals surface area contributed by atoms with Crippen molar-refractivity contribution in [3.05, 3.63) is 28.7 Å². The van der Waals surface area contributed by atoms with E-state index in [1.54, 1.807) is 0 Å². The molecule has 0 aliphatic carbocycles. The van der Waals surface area contributed by atoms with Gasteiger partial charge in [0.15, 0.2) is 0 Å². The van der Waals surface area contributed by atoms with Crippen molar-refractivity contribution in [3.63, 3.8) is 0 Å². The van der Waals surface area contributed by atoms with Crippen LogP contribution in [0.5, 0.6) is 0 Å². The largest absolute Gasteiger partial charge is 0.368 e. The van der Waals surface area contributed by atoms with E-state index in [2.05, 4.69) is 57.0 Å². The number of halogens is 1. The maximum Gasteiger partial charge on any atom is 0.0638 e. The number of nitriles is 1. The number of piperazine rings is 1. The molecule has 1 aromatic rings. The normalized spacial score (nSPS) is 21.2. The quantitative estimate of drug-likeness (QED) is 0.839. The van der Waals surface area contributed by atoms with Gasteiger partial charge in [-0.15, -0.1) is 0 Å². The number of rotatable bonds is 2. The number of anilines is 1. The minimum atomic E-state index is 0.334. The monoisotopic (exact) mass is 293 g/mol. The van der Waals surface area contributed by atoms with Gasteiger partial charge >= 0.3 is 0 Å². The van der Waals surface area contributed by atoms with Gasteiger partial charge in [0.1, 0.15) is 0 Å². The number of nitrogens with zero attached hydrogens (tertiary/aromatic N) is 3. The Hall–Kier alpha value is -1.05. The van der Waals surface area contributed by atoms with E-state index < -0.39 is 0 Å². The maximum atomic E-state index is 8.84. The second kappa shape index (κ2) is 5.52. The molecule has 1 aliphatic rings. The molecule has 0 saturated carbocycles. The molecule has 0 N–H and O–H groups in total. The van der Waals surface area contributed by atoms with Gasteiger partial charge in [0.25, 0.3) is 0 Å². The Morgan fingerprint density at radius 3 is 2.88 bits per heavy atom. The first-order valence-electron chi connectivity index (χ1n) is 5.79. The smallest absolute Gasteiger partial charge is 0.0638 e. The summed E-state index contributed by atoms with van der Waals surface area (Å²) in [6.45, 7) is 2.95. The highest BCUT2D eigenvalue weighted by Crippen LogP contribution is 2.27. The van der Waals surface area contributed by atoms with E-state index >= 15 is 0 Å². The fourth-order valence-corrected chi connectivity index (χ4v) is 2.73. The van der Waals surface area contributed by atoms with Crippen LogP contribution in [0.3, 0.4) is 0 Å². The summed E-state index contributed by atoms with van der Waals surface area (Å²) in [5, 5.41) is 8.84. The van der Waals surface area contributed by atoms with E-state index in [0.717, 1.165) is 24.1 Å². The van der Waals surface area contributed by atoms with Crippen molar-refractivity contribution in [2.45, 2.75) is 12.5 Å². The predicted molar refractivity (Wildman–Crippen MR) is 73.0 cm³/mol. The molecular formula is C13H16BrN3. The molecule has 1 unspecified atom stereocenters. The lowest BCUT2D eigenvalue weighted by Gasteiger charge is -2.40. The van der Waals surface area contributed by atoms with Crippen molar-refractivity contribution in [3.8, 4) is 6.07 Å². The molecule has 1 fully saturated rings. The van der Waals surface area contributed by atoms with E-state index in [4.69, 9.17) is 5.26 Å². The van der Waals surface area contributed by atoms with Crippen molar-refractivity contribution in [1.29, 1.82) is 5.26 Å². The van der Waals surface area contributed by atoms with Gasteiger partial charge in [0, 0.05) is 30.1 Å². The zero-order valence-corrected chi connectivity index (χ0v) is 11.5. The molecule has 17 heavy (non-hydrogen) atoms. The number of hydrogen-bond donors (Lipinski definition) is 0. The van der Waals surface area contributed by atoms with Crippen LogP contribution in [0.1, 0.15) is 6.42 Å². The fraction of sp³-hybridized carbons (Fsp3) is 0.462. The van der Waals surface area contributed by atoms with Crippen LogP contribution in [0.4, 0.5) is 5.69 Å². The van der Waals surface area contributed by atoms with E-state index in [-0.39, 0.29) is 0 Å². The number of likely N-dealkylation sites (N-methyl/N-ethyl adjacent to an activating group) is 1. The molecule has 0 bridgehead atoms. The van der Waals surface area contributed by atoms with Gasteiger partial charge in [-0.2, -0.15) is 5.26 Å². The summed E-state index contributed by atoms with van der Waals surface area (Å²) in [5.41, 5.74) is 1.23. The van der Waals surface area contributed by atoms with Crippen LogP contribution in [-0.2, 0) is 0 Å². The Kier molecular flexibility index (Phi) is 4.03. The van der Waals surface area contributed by atoms with Gasteiger partial charge in [-0.05, 0) is 35.1 Å². The molecule has 1 aromatic carbocycles. The number of benzene rings is 1. The molecule has 0 aromatic heterocycles. The van der Waals surface area contributed by atoms with Gasteiger partial charge in [-0.1, -0.05) is 12.1 Å². The molecular weight excluding hydrogens is 278 g/mol. The first-order valence-corrected chi connectivity index (χ1v) is 6.58. The highest BCUT2D eigenvalue weighted by molar-refractivity contribution is 9.10. The first-order chi connectivity index (χ1) is 8.22. The zero-order chi connectivity index (χ0) is 12.3. The van der Waals surface area contributed by atoms with Crippen molar-refractivity contribution in [2.75, 3.05) is 31.6 Å². The molecule has 3 nitrogen and oxygen atoms in total. The first kappa shape index (κ1) is 12.4. The average molecular weight is 294 g/mol. The van der Waals surface area contributed by atoms with Gasteiger partial charge in [0.2, 0.25) is 0 Å². The number of para-hydroxylation sites is 1. The zero-order valence-electron chi connectivity index (χ0n) is 9.93. The van der Waals surface area contributed by atoms with Crippen LogP contribution in [0.2, 0.25) is 0 Å². The summed E-state index contributed by atoms with van der Waals surface area (Å²) in [6, 6.07) is 10.9. The third kappa shape index (κ3) is 2.80. The number of hydrogen-bond acceptors (Lipinski definition) is 3. The van der Waals surface area contributed by atoms with E-state index in [1.165, 1.54) is 5.69 Å². The molecule has 0 radical (unpaired) electrons. The SMILES string of the molecule is CN1CCN(c2ccccc2Br)CC1CC#N. The maximum absolute atomic E-state index is 8.84. The molecule has 0 spiro atoms. The predicted octanol–water partition coefficient (Wildman–Crippen LogP) is 2.48. The molecule has 90 valence electrons. The molecule has 1 atom stereocenters. The van der Waals surface area contributed by atoms with Crippen LogP contribution in [0.25, 0.3) is 0 Å². The molecule has 0 amide bonds. The lowest BCUT2D eigenvalue weighted by atomic mass is 10.1. The van der Waals surface area contributed by atoms with Crippen LogP contribution >= 0.6 is 15.9 Å². The Labute approximate surface area is 111 Å². The second-order valence-electron chi connectivity index (χ2n) is 4.39. The summed E-state index contributed by atoms with van der Waals surface area (Å²) in [5.74, 6) is 0. The van der Waals surface area contributed by atoms with Crippen LogP contribution in [0.15, 0.2) is 28.7 Å². The summed E-state index contributed by atoms with van der Waals surface area (Å²) in [7, 11) is 2.10. The Balaban J connectivity index is 2.14. The van der Waals surface area contributed by atoms with Crippen LogP contribution in [0, 0.1) is 11.3 Å². The topological polar surface area (TPSA) is 30.3 Å². The van der Waals surface area contributed by atoms with E-state index in [0.29, 0.717) is 12.5 Å². The Bertz CT molecular complexity index is 427. The summed E-state index contributed by atoms with van der Waals surface area (Å²) in [4.78, 5) is 4.63. The molecule has 1 aliphatic heterocycles. The lowest BCUT2D eigenvalue weighted by Crippen LogP contribution is -2.51. The van der Waals surface area contributed by atoms with Crippen molar-refractivity contribution >= 4 is 21.6 Å². The fourth-order valence-electron chi connectivity index (χ4n) is 2.20. The van der Waals surface area contributed by atoms with Gasteiger partial charge in [-0.25, -0.2) is 0 Å². The lowest BCUT2D eigenvalue weighted by molar-refractivity contribution is 0.221. The van der Waals surface area contributed by atoms with Crippen molar-refractivity contribution in [2.24, 2.45) is 0 Å². The van der Waals surface area contributed by atoms with Crippen LogP contribution < -0.4 is 4.90 Å². The molecule has 2 rings (SSSR count). The second-order valence-corrected chi connectivity index (χ2v) is 5.25. The summed E-state index contributed by atoms with van der Waals surface area (Å²) < 4.78 is 1.13. The van der Waals surface area contributed by atoms with Crippen molar-refractivity contribution in [1.82, 2.24) is 4.90 Å². The average Bonchev–Trinajstić information content (AvgIpc) is 2.33. The Morgan fingerprint density at radius 1 is 1.41 bits per heavy atom. The Morgan fingerprint density at radius 2 is 2.18 bits per heavy atom. The molecule has 1 heterocycles. The minimum absolute atomic E-state index is 0.334. The van der Waals surface area contributed by atoms with Gasteiger partial charge in [-0.3, -0.25) is 4.90 Å². The highest BCUT2D eigenvalue weighted by atomic mass is 79.9. The van der Waals surface area contributed by atoms with Gasteiger partial charge in [0.05, 0.1) is 18.2 Å². The summed E-state index contributed by atoms with van der Waals surface area (Å²) >= 11 is 3.59. The summed E-state index contributed by atoms with van der Waals surface area (Å²) in [6.07, 6.45) is 0.595. The third-order valence-corrected chi connectivity index (χ3v) is 3.97. The molecule has 1 saturated heterocycles. The molecule has 4 heteroatoms. The van der Waals surface area contributed by atoms with Crippen LogP contribution in [-0.4, -0.2) is 37.6 Å². The van der Waals surface area contributed by atoms with E-state index in [9.17, 15) is 0 Å². The van der Waals surface area contributed by atoms with Gasteiger partial charge < -0.3 is 4.90 Å². The third-order valence-electron chi connectivity index (χ3n) is 3.30. The van der Waals surface area contributed by atoms with E-state index in [1.807, 2.05) is 6.07 Å². The highest BCUT2D eigenvalue weighted by Gasteiger charge is 2.24. The minimum Gasteiger partial charge on any atom is -0.368 e.